The van der Waals surface area contributed by atoms with Crippen LogP contribution in [0.1, 0.15) is 40.8 Å². The summed E-state index contributed by atoms with van der Waals surface area (Å²) in [5.41, 5.74) is 4.06. The van der Waals surface area contributed by atoms with Crippen LogP contribution in [0.25, 0.3) is 15.9 Å². The minimum Gasteiger partial charge on any atom is -0.361 e. The van der Waals surface area contributed by atoms with Crippen LogP contribution in [0.3, 0.4) is 0 Å². The Balaban J connectivity index is 1.67. The highest BCUT2D eigenvalue weighted by atomic mass is 32.2. The van der Waals surface area contributed by atoms with Gasteiger partial charge < -0.3 is 4.52 Å². The number of thioether (sulfide) groups is 1. The van der Waals surface area contributed by atoms with E-state index in [0.717, 1.165) is 52.2 Å². The monoisotopic (exact) mass is 437 g/mol. The second kappa shape index (κ2) is 7.71. The Morgan fingerprint density at radius 3 is 2.80 bits per heavy atom. The van der Waals surface area contributed by atoms with Gasteiger partial charge in [0.05, 0.1) is 16.8 Å². The van der Waals surface area contributed by atoms with Crippen molar-refractivity contribution in [3.05, 3.63) is 68.1 Å². The van der Waals surface area contributed by atoms with Gasteiger partial charge in [0.1, 0.15) is 10.6 Å². The second-order valence-electron chi connectivity index (χ2n) is 7.99. The topological polar surface area (TPSA) is 60.9 Å². The molecule has 0 amide bonds. The fraction of sp³-hybridized carbons (Fsp3) is 0.348. The Morgan fingerprint density at radius 1 is 1.27 bits per heavy atom. The summed E-state index contributed by atoms with van der Waals surface area (Å²) in [7, 11) is 0. The van der Waals surface area contributed by atoms with Crippen molar-refractivity contribution in [2.45, 2.75) is 50.9 Å². The van der Waals surface area contributed by atoms with Crippen LogP contribution in [-0.4, -0.2) is 14.7 Å². The van der Waals surface area contributed by atoms with Crippen LogP contribution in [-0.2, 0) is 18.6 Å². The van der Waals surface area contributed by atoms with E-state index in [2.05, 4.69) is 12.1 Å². The van der Waals surface area contributed by atoms with Crippen LogP contribution in [0.5, 0.6) is 0 Å². The number of aromatic nitrogens is 3. The summed E-state index contributed by atoms with van der Waals surface area (Å²) in [6.07, 6.45) is 3.14. The Labute approximate surface area is 183 Å². The highest BCUT2D eigenvalue weighted by Gasteiger charge is 2.25. The lowest BCUT2D eigenvalue weighted by Crippen LogP contribution is -2.22. The van der Waals surface area contributed by atoms with Crippen molar-refractivity contribution in [2.75, 3.05) is 0 Å². The average Bonchev–Trinajstić information content (AvgIpc) is 3.26. The van der Waals surface area contributed by atoms with Gasteiger partial charge >= 0.3 is 0 Å². The zero-order valence-corrected chi connectivity index (χ0v) is 18.9. The maximum atomic E-state index is 13.7. The molecule has 0 radical (unpaired) electrons. The number of hydrogen-bond acceptors (Lipinski definition) is 6. The van der Waals surface area contributed by atoms with Gasteiger partial charge in [-0.25, -0.2) is 4.98 Å². The van der Waals surface area contributed by atoms with Gasteiger partial charge in [0.15, 0.2) is 5.16 Å². The van der Waals surface area contributed by atoms with Crippen molar-refractivity contribution in [3.8, 4) is 5.69 Å². The molecule has 0 N–H and O–H groups in total. The maximum Gasteiger partial charge on any atom is 0.267 e. The van der Waals surface area contributed by atoms with Crippen LogP contribution < -0.4 is 5.56 Å². The van der Waals surface area contributed by atoms with Crippen molar-refractivity contribution in [1.82, 2.24) is 14.7 Å². The number of benzene rings is 1. The fourth-order valence-electron chi connectivity index (χ4n) is 4.12. The first-order valence-electron chi connectivity index (χ1n) is 10.2. The molecule has 0 aliphatic heterocycles. The summed E-state index contributed by atoms with van der Waals surface area (Å²) in [6, 6.07) is 9.81. The molecular formula is C23H23N3O2S2. The lowest BCUT2D eigenvalue weighted by molar-refractivity contribution is 0.392. The van der Waals surface area contributed by atoms with E-state index in [4.69, 9.17) is 9.51 Å². The molecule has 0 unspecified atom stereocenters. The van der Waals surface area contributed by atoms with Crippen molar-refractivity contribution in [1.29, 1.82) is 0 Å². The quantitative estimate of drug-likeness (QED) is 0.313. The zero-order valence-electron chi connectivity index (χ0n) is 17.3. The minimum absolute atomic E-state index is 0.0412. The number of hydrogen-bond donors (Lipinski definition) is 0. The fourth-order valence-corrected chi connectivity index (χ4v) is 6.71. The molecule has 3 heterocycles. The van der Waals surface area contributed by atoms with Crippen LogP contribution in [0, 0.1) is 19.8 Å². The number of rotatable bonds is 4. The van der Waals surface area contributed by atoms with E-state index in [9.17, 15) is 4.79 Å². The Hall–Kier alpha value is -2.38. The molecule has 7 heteroatoms. The third kappa shape index (κ3) is 3.30. The first-order chi connectivity index (χ1) is 14.5. The van der Waals surface area contributed by atoms with Crippen molar-refractivity contribution in [3.63, 3.8) is 0 Å². The number of nitrogens with zero attached hydrogens (tertiary/aromatic N) is 3. The molecule has 5 rings (SSSR count). The van der Waals surface area contributed by atoms with Gasteiger partial charge in [0, 0.05) is 16.2 Å². The van der Waals surface area contributed by atoms with E-state index in [1.165, 1.54) is 10.4 Å². The van der Waals surface area contributed by atoms with Gasteiger partial charge in [-0.1, -0.05) is 42.0 Å². The van der Waals surface area contributed by atoms with E-state index in [0.29, 0.717) is 16.8 Å². The first kappa shape index (κ1) is 19.6. The van der Waals surface area contributed by atoms with Gasteiger partial charge in [-0.05, 0) is 56.7 Å². The molecule has 30 heavy (non-hydrogen) atoms. The second-order valence-corrected chi connectivity index (χ2v) is 10.0. The third-order valence-electron chi connectivity index (χ3n) is 5.84. The highest BCUT2D eigenvalue weighted by Crippen LogP contribution is 2.37. The highest BCUT2D eigenvalue weighted by molar-refractivity contribution is 7.98. The summed E-state index contributed by atoms with van der Waals surface area (Å²) >= 11 is 3.26. The maximum absolute atomic E-state index is 13.7. The Morgan fingerprint density at radius 2 is 2.07 bits per heavy atom. The lowest BCUT2D eigenvalue weighted by Gasteiger charge is -2.17. The summed E-state index contributed by atoms with van der Waals surface area (Å²) in [4.78, 5) is 20.9. The van der Waals surface area contributed by atoms with Gasteiger partial charge in [-0.2, -0.15) is 0 Å². The predicted octanol–water partition coefficient (Wildman–Crippen LogP) is 5.47. The van der Waals surface area contributed by atoms with E-state index in [1.54, 1.807) is 27.7 Å². The van der Waals surface area contributed by atoms with Crippen LogP contribution in [0.4, 0.5) is 0 Å². The molecule has 3 aromatic heterocycles. The molecule has 1 atom stereocenters. The normalized spacial score (nSPS) is 16.2. The molecule has 1 aromatic carbocycles. The molecular weight excluding hydrogens is 414 g/mol. The largest absolute Gasteiger partial charge is 0.361 e. The minimum atomic E-state index is 0.0412. The Kier molecular flexibility index (Phi) is 5.03. The standard InChI is InChI=1S/C23H23N3O2S2/c1-13-9-10-17-19(11-13)30-21-20(17)22(27)26(16-7-5-4-6-8-16)23(24-21)29-12-18-14(2)25-28-15(18)3/h4-8,13H,9-12H2,1-3H3/t13-/m0/s1. The molecule has 5 nitrogen and oxygen atoms in total. The SMILES string of the molecule is Cc1noc(C)c1CSc1nc2sc3c(c2c(=O)n1-c1ccccc1)CC[C@H](C)C3. The smallest absolute Gasteiger partial charge is 0.267 e. The van der Waals surface area contributed by atoms with Gasteiger partial charge in [0.25, 0.3) is 5.56 Å². The van der Waals surface area contributed by atoms with Crippen LogP contribution in [0.2, 0.25) is 0 Å². The summed E-state index contributed by atoms with van der Waals surface area (Å²) in [6.45, 7) is 6.15. The number of fused-ring (bicyclic) bond motifs is 3. The summed E-state index contributed by atoms with van der Waals surface area (Å²) in [5.74, 6) is 2.14. The molecule has 0 fully saturated rings. The molecule has 0 saturated heterocycles. The Bertz CT molecular complexity index is 1270. The summed E-state index contributed by atoms with van der Waals surface area (Å²) < 4.78 is 7.08. The van der Waals surface area contributed by atoms with E-state index in [1.807, 2.05) is 44.2 Å². The van der Waals surface area contributed by atoms with Gasteiger partial charge in [-0.3, -0.25) is 9.36 Å². The lowest BCUT2D eigenvalue weighted by atomic mass is 9.89. The number of aryl methyl sites for hydroxylation is 3. The van der Waals surface area contributed by atoms with Crippen LogP contribution in [0.15, 0.2) is 44.8 Å². The first-order valence-corrected chi connectivity index (χ1v) is 12.0. The molecule has 0 spiro atoms. The molecule has 0 saturated carbocycles. The van der Waals surface area contributed by atoms with Gasteiger partial charge in [-0.15, -0.1) is 11.3 Å². The molecule has 154 valence electrons. The molecule has 0 bridgehead atoms. The average molecular weight is 438 g/mol. The van der Waals surface area contributed by atoms with Crippen molar-refractivity contribution >= 4 is 33.3 Å². The van der Waals surface area contributed by atoms with Crippen molar-refractivity contribution in [2.24, 2.45) is 5.92 Å². The third-order valence-corrected chi connectivity index (χ3v) is 7.95. The van der Waals surface area contributed by atoms with E-state index < -0.39 is 0 Å². The summed E-state index contributed by atoms with van der Waals surface area (Å²) in [5, 5.41) is 5.58. The van der Waals surface area contributed by atoms with Crippen LogP contribution >= 0.6 is 23.1 Å². The molecule has 4 aromatic rings. The number of thiophene rings is 1. The van der Waals surface area contributed by atoms with E-state index in [-0.39, 0.29) is 5.56 Å². The predicted molar refractivity (Wildman–Crippen MR) is 122 cm³/mol. The zero-order chi connectivity index (χ0) is 20.8. The van der Waals surface area contributed by atoms with E-state index >= 15 is 0 Å². The van der Waals surface area contributed by atoms with Gasteiger partial charge in [0.2, 0.25) is 0 Å². The molecule has 1 aliphatic carbocycles. The van der Waals surface area contributed by atoms with Crippen molar-refractivity contribution < 1.29 is 4.52 Å². The number of para-hydroxylation sites is 1. The molecule has 1 aliphatic rings.